The smallest absolute Gasteiger partial charge is 0.266 e. The molecule has 0 aromatic heterocycles. The molecule has 0 saturated carbocycles. The quantitative estimate of drug-likeness (QED) is 0.194. The molecule has 3 aromatic carbocycles. The lowest BCUT2D eigenvalue weighted by Gasteiger charge is -2.14. The van der Waals surface area contributed by atoms with Crippen molar-refractivity contribution >= 4 is 51.9 Å². The third-order valence-corrected chi connectivity index (χ3v) is 5.87. The fourth-order valence-corrected chi connectivity index (χ4v) is 3.71. The van der Waals surface area contributed by atoms with E-state index in [-0.39, 0.29) is 5.57 Å². The van der Waals surface area contributed by atoms with E-state index in [1.54, 1.807) is 12.1 Å². The van der Waals surface area contributed by atoms with Crippen molar-refractivity contribution in [1.29, 1.82) is 5.26 Å². The number of ether oxygens (including phenoxy) is 2. The number of amides is 1. The zero-order valence-electron chi connectivity index (χ0n) is 18.4. The summed E-state index contributed by atoms with van der Waals surface area (Å²) in [6.07, 6.45) is 1.47. The molecule has 0 aliphatic rings. The van der Waals surface area contributed by atoms with Crippen LogP contribution in [0.25, 0.3) is 6.08 Å². The summed E-state index contributed by atoms with van der Waals surface area (Å²) < 4.78 is 12.5. The third-order valence-electron chi connectivity index (χ3n) is 4.87. The number of anilines is 1. The Balaban J connectivity index is 1.83. The van der Waals surface area contributed by atoms with Crippen molar-refractivity contribution in [2.24, 2.45) is 0 Å². The van der Waals surface area contributed by atoms with E-state index in [2.05, 4.69) is 27.9 Å². The largest absolute Gasteiger partial charge is 0.493 e. The standard InChI is InChI=1S/C26H22ClIN2O3/c1-16-4-5-17(2)23(10-16)30-26(31)20(14-29)11-19-12-22(27)25(24(13-19)32-3)33-15-18-6-8-21(28)9-7-18/h4-13H,15H2,1-3H3,(H,30,31)/b20-11+. The van der Waals surface area contributed by atoms with Gasteiger partial charge >= 0.3 is 0 Å². The van der Waals surface area contributed by atoms with Crippen molar-refractivity contribution in [2.45, 2.75) is 20.5 Å². The molecule has 0 fully saturated rings. The third kappa shape index (κ3) is 6.50. The first-order valence-corrected chi connectivity index (χ1v) is 11.5. The molecule has 0 atom stereocenters. The van der Waals surface area contributed by atoms with Crippen LogP contribution in [0.4, 0.5) is 5.69 Å². The van der Waals surface area contributed by atoms with Crippen molar-refractivity contribution in [3.63, 3.8) is 0 Å². The molecule has 33 heavy (non-hydrogen) atoms. The van der Waals surface area contributed by atoms with Crippen LogP contribution in [0.5, 0.6) is 11.5 Å². The maximum atomic E-state index is 12.7. The Kier molecular flexibility index (Phi) is 8.37. The molecule has 7 heteroatoms. The molecular formula is C26H22ClIN2O3. The molecule has 0 unspecified atom stereocenters. The fraction of sp³-hybridized carbons (Fsp3) is 0.154. The monoisotopic (exact) mass is 572 g/mol. The molecule has 0 spiro atoms. The minimum atomic E-state index is -0.500. The summed E-state index contributed by atoms with van der Waals surface area (Å²) in [5, 5.41) is 12.7. The van der Waals surface area contributed by atoms with Crippen LogP contribution in [-0.2, 0) is 11.4 Å². The molecule has 0 aliphatic heterocycles. The van der Waals surface area contributed by atoms with Crippen LogP contribution in [0.2, 0.25) is 5.02 Å². The summed E-state index contributed by atoms with van der Waals surface area (Å²) in [5.41, 5.74) is 4.07. The second-order valence-electron chi connectivity index (χ2n) is 7.39. The first-order valence-electron chi connectivity index (χ1n) is 10.1. The Morgan fingerprint density at radius 2 is 1.88 bits per heavy atom. The fourth-order valence-electron chi connectivity index (χ4n) is 3.07. The summed E-state index contributed by atoms with van der Waals surface area (Å²) in [6, 6.07) is 19.0. The van der Waals surface area contributed by atoms with E-state index in [1.165, 1.54) is 13.2 Å². The molecular weight excluding hydrogens is 551 g/mol. The Morgan fingerprint density at radius 1 is 1.15 bits per heavy atom. The lowest BCUT2D eigenvalue weighted by molar-refractivity contribution is -0.112. The van der Waals surface area contributed by atoms with E-state index >= 15 is 0 Å². The number of carbonyl (C=O) groups excluding carboxylic acids is 1. The number of nitrogens with one attached hydrogen (secondary N) is 1. The highest BCUT2D eigenvalue weighted by Crippen LogP contribution is 2.37. The topological polar surface area (TPSA) is 71.3 Å². The van der Waals surface area contributed by atoms with Gasteiger partial charge in [-0.3, -0.25) is 4.79 Å². The molecule has 3 rings (SSSR count). The summed E-state index contributed by atoms with van der Waals surface area (Å²) in [4.78, 5) is 12.7. The summed E-state index contributed by atoms with van der Waals surface area (Å²) >= 11 is 8.70. The first kappa shape index (κ1) is 24.6. The molecule has 0 saturated heterocycles. The Labute approximate surface area is 212 Å². The van der Waals surface area contributed by atoms with Crippen LogP contribution in [0.1, 0.15) is 22.3 Å². The lowest BCUT2D eigenvalue weighted by Crippen LogP contribution is -2.14. The van der Waals surface area contributed by atoms with E-state index in [0.29, 0.717) is 34.4 Å². The highest BCUT2D eigenvalue weighted by Gasteiger charge is 2.15. The minimum Gasteiger partial charge on any atom is -0.493 e. The van der Waals surface area contributed by atoms with E-state index in [9.17, 15) is 10.1 Å². The molecule has 0 bridgehead atoms. The predicted octanol–water partition coefficient (Wildman–Crippen LogP) is 6.69. The van der Waals surface area contributed by atoms with E-state index in [0.717, 1.165) is 20.3 Å². The molecule has 0 radical (unpaired) electrons. The average Bonchev–Trinajstić information content (AvgIpc) is 2.79. The Hall–Kier alpha value is -3.02. The molecule has 1 N–H and O–H groups in total. The summed E-state index contributed by atoms with van der Waals surface area (Å²) in [6.45, 7) is 4.15. The molecule has 168 valence electrons. The van der Waals surface area contributed by atoms with Gasteiger partial charge in [0.1, 0.15) is 18.2 Å². The number of carbonyl (C=O) groups is 1. The maximum absolute atomic E-state index is 12.7. The number of hydrogen-bond donors (Lipinski definition) is 1. The summed E-state index contributed by atoms with van der Waals surface area (Å²) in [5.74, 6) is 0.306. The number of hydrogen-bond acceptors (Lipinski definition) is 4. The van der Waals surface area contributed by atoms with Gasteiger partial charge in [0, 0.05) is 9.26 Å². The Bertz CT molecular complexity index is 1250. The molecule has 0 heterocycles. The number of methoxy groups -OCH3 is 1. The zero-order chi connectivity index (χ0) is 24.0. The van der Waals surface area contributed by atoms with Gasteiger partial charge in [-0.1, -0.05) is 35.9 Å². The van der Waals surface area contributed by atoms with Gasteiger partial charge < -0.3 is 14.8 Å². The van der Waals surface area contributed by atoms with Gasteiger partial charge in [0.2, 0.25) is 0 Å². The van der Waals surface area contributed by atoms with Crippen molar-refractivity contribution < 1.29 is 14.3 Å². The van der Waals surface area contributed by atoms with Crippen LogP contribution in [0.3, 0.4) is 0 Å². The highest BCUT2D eigenvalue weighted by molar-refractivity contribution is 14.1. The van der Waals surface area contributed by atoms with Crippen LogP contribution in [0, 0.1) is 28.7 Å². The number of halogens is 2. The van der Waals surface area contributed by atoms with Crippen LogP contribution in [-0.4, -0.2) is 13.0 Å². The highest BCUT2D eigenvalue weighted by atomic mass is 127. The van der Waals surface area contributed by atoms with Gasteiger partial charge in [0.15, 0.2) is 11.5 Å². The van der Waals surface area contributed by atoms with Crippen molar-refractivity contribution in [3.8, 4) is 17.6 Å². The number of nitrogens with zero attached hydrogens (tertiary/aromatic N) is 1. The molecule has 1 amide bonds. The molecule has 5 nitrogen and oxygen atoms in total. The predicted molar refractivity (Wildman–Crippen MR) is 140 cm³/mol. The summed E-state index contributed by atoms with van der Waals surface area (Å²) in [7, 11) is 1.51. The van der Waals surface area contributed by atoms with Gasteiger partial charge in [-0.2, -0.15) is 5.26 Å². The first-order chi connectivity index (χ1) is 15.8. The number of benzene rings is 3. The van der Waals surface area contributed by atoms with Gasteiger partial charge in [-0.15, -0.1) is 0 Å². The zero-order valence-corrected chi connectivity index (χ0v) is 21.3. The SMILES string of the molecule is COc1cc(/C=C(\C#N)C(=O)Nc2cc(C)ccc2C)cc(Cl)c1OCc1ccc(I)cc1. The minimum absolute atomic E-state index is 0.0541. The molecule has 3 aromatic rings. The van der Waals surface area contributed by atoms with Crippen molar-refractivity contribution in [3.05, 3.63) is 91.0 Å². The normalized spacial score (nSPS) is 11.0. The van der Waals surface area contributed by atoms with Gasteiger partial charge in [0.25, 0.3) is 5.91 Å². The van der Waals surface area contributed by atoms with Crippen LogP contribution < -0.4 is 14.8 Å². The average molecular weight is 573 g/mol. The number of nitriles is 1. The van der Waals surface area contributed by atoms with E-state index in [4.69, 9.17) is 21.1 Å². The number of aryl methyl sites for hydroxylation is 2. The molecule has 0 aliphatic carbocycles. The second kappa shape index (κ2) is 11.2. The van der Waals surface area contributed by atoms with Crippen molar-refractivity contribution in [1.82, 2.24) is 0 Å². The van der Waals surface area contributed by atoms with E-state index in [1.807, 2.05) is 62.4 Å². The van der Waals surface area contributed by atoms with Crippen LogP contribution >= 0.6 is 34.2 Å². The maximum Gasteiger partial charge on any atom is 0.266 e. The van der Waals surface area contributed by atoms with Gasteiger partial charge in [-0.25, -0.2) is 0 Å². The van der Waals surface area contributed by atoms with Crippen molar-refractivity contribution in [2.75, 3.05) is 12.4 Å². The van der Waals surface area contributed by atoms with Crippen LogP contribution in [0.15, 0.2) is 60.2 Å². The Morgan fingerprint density at radius 3 is 2.55 bits per heavy atom. The van der Waals surface area contributed by atoms with Gasteiger partial charge in [0.05, 0.1) is 12.1 Å². The number of rotatable bonds is 7. The van der Waals surface area contributed by atoms with E-state index < -0.39 is 5.91 Å². The lowest BCUT2D eigenvalue weighted by atomic mass is 10.1. The van der Waals surface area contributed by atoms with Gasteiger partial charge in [-0.05, 0) is 95.1 Å². The second-order valence-corrected chi connectivity index (χ2v) is 9.04.